The second-order valence-corrected chi connectivity index (χ2v) is 8.87. The Labute approximate surface area is 213 Å². The fourth-order valence-electron chi connectivity index (χ4n) is 4.30. The van der Waals surface area contributed by atoms with Gasteiger partial charge in [-0.15, -0.1) is 0 Å². The number of hydrogen-bond acceptors (Lipinski definition) is 8. The molecule has 10 nitrogen and oxygen atoms in total. The number of rotatable bonds is 8. The van der Waals surface area contributed by atoms with Crippen LogP contribution in [0.4, 0.5) is 10.2 Å². The minimum Gasteiger partial charge on any atom is -0.457 e. The first-order valence-corrected chi connectivity index (χ1v) is 12.0. The Morgan fingerprint density at radius 2 is 1.89 bits per heavy atom. The van der Waals surface area contributed by atoms with Gasteiger partial charge >= 0.3 is 0 Å². The third-order valence-electron chi connectivity index (χ3n) is 6.21. The van der Waals surface area contributed by atoms with Crippen molar-refractivity contribution in [3.05, 3.63) is 65.6 Å². The van der Waals surface area contributed by atoms with Crippen molar-refractivity contribution in [2.24, 2.45) is 5.73 Å². The molecule has 37 heavy (non-hydrogen) atoms. The maximum Gasteiger partial charge on any atom is 0.267 e. The number of nitrogens with two attached hydrogens (primary N) is 1. The molecular weight excluding hydrogens is 479 g/mol. The first-order valence-electron chi connectivity index (χ1n) is 12.0. The van der Waals surface area contributed by atoms with Crippen molar-refractivity contribution in [1.29, 1.82) is 0 Å². The molecule has 1 aromatic heterocycles. The predicted octanol–water partition coefficient (Wildman–Crippen LogP) is 2.31. The van der Waals surface area contributed by atoms with Crippen LogP contribution in [0.2, 0.25) is 0 Å². The van der Waals surface area contributed by atoms with Crippen molar-refractivity contribution in [3.8, 4) is 22.9 Å². The molecule has 0 aliphatic carbocycles. The Morgan fingerprint density at radius 1 is 1.14 bits per heavy atom. The number of nitrogens with zero attached hydrogens (tertiary/aromatic N) is 3. The molecule has 3 heterocycles. The highest BCUT2D eigenvalue weighted by atomic mass is 19.1. The minimum absolute atomic E-state index is 0.0369. The Bertz CT molecular complexity index is 1300. The molecule has 2 aliphatic rings. The number of anilines is 1. The zero-order valence-electron chi connectivity index (χ0n) is 20.1. The molecular formula is C26H27FN6O4. The van der Waals surface area contributed by atoms with Crippen LogP contribution in [0.25, 0.3) is 11.4 Å². The number of primary amides is 1. The quantitative estimate of drug-likeness (QED) is 0.424. The lowest BCUT2D eigenvalue weighted by molar-refractivity contribution is -0.119. The summed E-state index contributed by atoms with van der Waals surface area (Å²) in [4.78, 5) is 35.4. The summed E-state index contributed by atoms with van der Waals surface area (Å²) in [5.41, 5.74) is 7.17. The predicted molar refractivity (Wildman–Crippen MR) is 134 cm³/mol. The number of ether oxygens (including phenoxy) is 2. The van der Waals surface area contributed by atoms with Gasteiger partial charge in [0.25, 0.3) is 5.91 Å². The first-order chi connectivity index (χ1) is 17.9. The van der Waals surface area contributed by atoms with E-state index in [2.05, 4.69) is 25.5 Å². The van der Waals surface area contributed by atoms with Crippen molar-refractivity contribution >= 4 is 17.6 Å². The van der Waals surface area contributed by atoms with E-state index in [1.54, 1.807) is 18.2 Å². The monoisotopic (exact) mass is 506 g/mol. The highest BCUT2D eigenvalue weighted by Gasteiger charge is 2.25. The molecule has 2 saturated heterocycles. The minimum atomic E-state index is -0.700. The highest BCUT2D eigenvalue weighted by molar-refractivity contribution is 5.92. The third kappa shape index (κ3) is 6.01. The number of hydrogen-bond donors (Lipinski definition) is 3. The second-order valence-electron chi connectivity index (χ2n) is 8.87. The van der Waals surface area contributed by atoms with E-state index in [-0.39, 0.29) is 17.4 Å². The van der Waals surface area contributed by atoms with Crippen LogP contribution in [0.5, 0.6) is 11.5 Å². The van der Waals surface area contributed by atoms with Gasteiger partial charge in [-0.05, 0) is 54.4 Å². The molecule has 5 rings (SSSR count). The average molecular weight is 507 g/mol. The van der Waals surface area contributed by atoms with E-state index in [1.807, 2.05) is 12.1 Å². The Balaban J connectivity index is 1.51. The SMILES string of the molecule is NC(=O)c1cc(N[C@H]2CCNC2=O)nc(-c2ccc(Oc3ccc(F)cc3)cc2CN2CCOCC2)n1. The molecule has 2 amide bonds. The molecule has 0 spiro atoms. The zero-order valence-corrected chi connectivity index (χ0v) is 20.1. The summed E-state index contributed by atoms with van der Waals surface area (Å²) in [5, 5.41) is 5.86. The summed E-state index contributed by atoms with van der Waals surface area (Å²) in [5.74, 6) is 0.523. The topological polar surface area (TPSA) is 132 Å². The van der Waals surface area contributed by atoms with Gasteiger partial charge in [0.2, 0.25) is 5.91 Å². The van der Waals surface area contributed by atoms with E-state index in [0.717, 1.165) is 18.7 Å². The van der Waals surface area contributed by atoms with Crippen molar-refractivity contribution in [3.63, 3.8) is 0 Å². The van der Waals surface area contributed by atoms with E-state index in [9.17, 15) is 14.0 Å². The van der Waals surface area contributed by atoms with Gasteiger partial charge in [0.05, 0.1) is 13.2 Å². The van der Waals surface area contributed by atoms with Crippen molar-refractivity contribution < 1.29 is 23.5 Å². The second kappa shape index (κ2) is 10.9. The maximum atomic E-state index is 13.3. The zero-order chi connectivity index (χ0) is 25.8. The molecule has 2 fully saturated rings. The molecule has 0 radical (unpaired) electrons. The van der Waals surface area contributed by atoms with Gasteiger partial charge in [-0.3, -0.25) is 14.5 Å². The van der Waals surface area contributed by atoms with Crippen molar-refractivity contribution in [2.75, 3.05) is 38.2 Å². The van der Waals surface area contributed by atoms with E-state index in [0.29, 0.717) is 61.4 Å². The van der Waals surface area contributed by atoms with E-state index >= 15 is 0 Å². The van der Waals surface area contributed by atoms with Crippen LogP contribution in [0, 0.1) is 5.82 Å². The van der Waals surface area contributed by atoms with Crippen LogP contribution >= 0.6 is 0 Å². The molecule has 192 valence electrons. The summed E-state index contributed by atoms with van der Waals surface area (Å²) in [6.45, 7) is 3.91. The number of nitrogens with one attached hydrogen (secondary N) is 2. The summed E-state index contributed by atoms with van der Waals surface area (Å²) < 4.78 is 24.8. The number of morpholine rings is 1. The van der Waals surface area contributed by atoms with Gasteiger partial charge in [-0.2, -0.15) is 0 Å². The van der Waals surface area contributed by atoms with E-state index in [4.69, 9.17) is 15.2 Å². The molecule has 3 aromatic rings. The molecule has 11 heteroatoms. The standard InChI is InChI=1S/C26H27FN6O4/c27-17-1-3-18(4-2-17)37-19-5-6-20(16(13-19)15-33-9-11-36-12-10-33)25-31-22(24(28)34)14-23(32-25)30-21-7-8-29-26(21)35/h1-6,13-14,21H,7-12,15H2,(H2,28,34)(H,29,35)(H,30,31,32)/t21-/m0/s1. The number of benzene rings is 2. The van der Waals surface area contributed by atoms with Gasteiger partial charge < -0.3 is 25.8 Å². The van der Waals surface area contributed by atoms with Gasteiger partial charge in [0.1, 0.15) is 34.9 Å². The summed E-state index contributed by atoms with van der Waals surface area (Å²) in [6.07, 6.45) is 0.599. The summed E-state index contributed by atoms with van der Waals surface area (Å²) in [6, 6.07) is 12.2. The van der Waals surface area contributed by atoms with E-state index in [1.165, 1.54) is 18.2 Å². The summed E-state index contributed by atoms with van der Waals surface area (Å²) >= 11 is 0. The van der Waals surface area contributed by atoms with Crippen molar-refractivity contribution in [2.45, 2.75) is 19.0 Å². The summed E-state index contributed by atoms with van der Waals surface area (Å²) in [7, 11) is 0. The third-order valence-corrected chi connectivity index (χ3v) is 6.21. The number of carbonyl (C=O) groups is 2. The van der Waals surface area contributed by atoms with Crippen LogP contribution in [-0.4, -0.2) is 65.6 Å². The highest BCUT2D eigenvalue weighted by Crippen LogP contribution is 2.30. The molecule has 2 aliphatic heterocycles. The van der Waals surface area contributed by atoms with Crippen LogP contribution in [0.1, 0.15) is 22.5 Å². The van der Waals surface area contributed by atoms with Gasteiger partial charge in [-0.1, -0.05) is 0 Å². The lowest BCUT2D eigenvalue weighted by atomic mass is 10.0. The van der Waals surface area contributed by atoms with Gasteiger partial charge in [0.15, 0.2) is 5.82 Å². The molecule has 0 saturated carbocycles. The number of carbonyl (C=O) groups excluding carboxylic acids is 2. The van der Waals surface area contributed by atoms with Gasteiger partial charge in [0, 0.05) is 37.8 Å². The average Bonchev–Trinajstić information content (AvgIpc) is 3.30. The fourth-order valence-corrected chi connectivity index (χ4v) is 4.30. The molecule has 0 unspecified atom stereocenters. The smallest absolute Gasteiger partial charge is 0.267 e. The lowest BCUT2D eigenvalue weighted by Crippen LogP contribution is -2.35. The van der Waals surface area contributed by atoms with Crippen LogP contribution in [0.3, 0.4) is 0 Å². The largest absolute Gasteiger partial charge is 0.457 e. The Hall–Kier alpha value is -4.09. The number of aromatic nitrogens is 2. The molecule has 2 aromatic carbocycles. The van der Waals surface area contributed by atoms with Gasteiger partial charge in [-0.25, -0.2) is 14.4 Å². The van der Waals surface area contributed by atoms with Crippen LogP contribution in [0.15, 0.2) is 48.5 Å². The fraction of sp³-hybridized carbons (Fsp3) is 0.308. The number of halogens is 1. The Kier molecular flexibility index (Phi) is 7.24. The van der Waals surface area contributed by atoms with E-state index < -0.39 is 11.9 Å². The lowest BCUT2D eigenvalue weighted by Gasteiger charge is -2.27. The molecule has 0 bridgehead atoms. The first kappa shape index (κ1) is 24.6. The molecule has 4 N–H and O–H groups in total. The maximum absolute atomic E-state index is 13.3. The van der Waals surface area contributed by atoms with Crippen LogP contribution in [-0.2, 0) is 16.1 Å². The Morgan fingerprint density at radius 3 is 2.59 bits per heavy atom. The normalized spacial score (nSPS) is 17.9. The van der Waals surface area contributed by atoms with Crippen LogP contribution < -0.4 is 21.1 Å². The molecule has 1 atom stereocenters. The number of amides is 2. The van der Waals surface area contributed by atoms with Crippen molar-refractivity contribution in [1.82, 2.24) is 20.2 Å².